The number of rotatable bonds is 8. The molecule has 0 saturated carbocycles. The number of ether oxygens (including phenoxy) is 2. The van der Waals surface area contributed by atoms with Crippen LogP contribution in [0.1, 0.15) is 34.7 Å². The molecule has 192 valence electrons. The quantitative estimate of drug-likeness (QED) is 0.357. The third-order valence-electron chi connectivity index (χ3n) is 7.25. The van der Waals surface area contributed by atoms with Crippen LogP contribution >= 0.6 is 0 Å². The summed E-state index contributed by atoms with van der Waals surface area (Å²) in [5.74, 6) is 1.35. The average Bonchev–Trinajstić information content (AvgIpc) is 3.37. The molecule has 7 heteroatoms. The normalized spacial score (nSPS) is 15.1. The van der Waals surface area contributed by atoms with Crippen LogP contribution < -0.4 is 9.47 Å². The summed E-state index contributed by atoms with van der Waals surface area (Å²) in [5, 5.41) is 0. The Bertz CT molecular complexity index is 1340. The Labute approximate surface area is 218 Å². The standard InChI is InChI=1S/C30H34N4O3/c1-22-8-7-11-34-28(20-31-30(22)34)27(24-16-25(36-2)18-26(17-24)37-3)19-29(35)33-14-12-32(13-15-33)21-23-9-5-4-6-10-23/h4-11,16-18,20,27H,12-15,19,21H2,1-3H3. The van der Waals surface area contributed by atoms with Crippen molar-refractivity contribution in [2.75, 3.05) is 40.4 Å². The van der Waals surface area contributed by atoms with Crippen molar-refractivity contribution in [3.05, 3.63) is 95.4 Å². The first kappa shape index (κ1) is 24.8. The summed E-state index contributed by atoms with van der Waals surface area (Å²) in [4.78, 5) is 22.8. The fourth-order valence-electron chi connectivity index (χ4n) is 5.15. The fourth-order valence-corrected chi connectivity index (χ4v) is 5.15. The van der Waals surface area contributed by atoms with E-state index in [4.69, 9.17) is 9.47 Å². The number of hydrogen-bond donors (Lipinski definition) is 0. The molecule has 1 atom stereocenters. The van der Waals surface area contributed by atoms with E-state index in [2.05, 4.69) is 51.5 Å². The van der Waals surface area contributed by atoms with E-state index in [-0.39, 0.29) is 11.8 Å². The third kappa shape index (κ3) is 5.47. The van der Waals surface area contributed by atoms with Gasteiger partial charge in [-0.25, -0.2) is 4.98 Å². The van der Waals surface area contributed by atoms with Gasteiger partial charge in [-0.2, -0.15) is 0 Å². The largest absolute Gasteiger partial charge is 0.497 e. The molecule has 0 radical (unpaired) electrons. The Balaban J connectivity index is 1.39. The summed E-state index contributed by atoms with van der Waals surface area (Å²) in [6, 6.07) is 20.4. The van der Waals surface area contributed by atoms with E-state index in [1.54, 1.807) is 14.2 Å². The summed E-state index contributed by atoms with van der Waals surface area (Å²) in [5.41, 5.74) is 5.24. The Morgan fingerprint density at radius 1 is 0.946 bits per heavy atom. The lowest BCUT2D eigenvalue weighted by atomic mass is 9.91. The van der Waals surface area contributed by atoms with Crippen LogP contribution in [0.4, 0.5) is 0 Å². The van der Waals surface area contributed by atoms with Gasteiger partial charge in [0.25, 0.3) is 0 Å². The van der Waals surface area contributed by atoms with Crippen LogP contribution in [0.3, 0.4) is 0 Å². The number of fused-ring (bicyclic) bond motifs is 1. The zero-order chi connectivity index (χ0) is 25.8. The number of amides is 1. The minimum atomic E-state index is -0.198. The van der Waals surface area contributed by atoms with Gasteiger partial charge in [0.2, 0.25) is 5.91 Å². The van der Waals surface area contributed by atoms with Crippen molar-refractivity contribution in [2.24, 2.45) is 0 Å². The fraction of sp³-hybridized carbons (Fsp3) is 0.333. The number of pyridine rings is 1. The molecule has 0 spiro atoms. The molecule has 2 aromatic carbocycles. The van der Waals surface area contributed by atoms with Gasteiger partial charge in [-0.1, -0.05) is 36.4 Å². The molecule has 5 rings (SSSR count). The molecule has 3 heterocycles. The van der Waals surface area contributed by atoms with Gasteiger partial charge in [0.15, 0.2) is 0 Å². The number of carbonyl (C=O) groups excluding carboxylic acids is 1. The van der Waals surface area contributed by atoms with E-state index in [1.165, 1.54) is 5.56 Å². The number of nitrogens with zero attached hydrogens (tertiary/aromatic N) is 4. The molecular formula is C30H34N4O3. The molecule has 0 bridgehead atoms. The zero-order valence-electron chi connectivity index (χ0n) is 21.8. The molecule has 0 N–H and O–H groups in total. The number of carbonyl (C=O) groups is 1. The highest BCUT2D eigenvalue weighted by atomic mass is 16.5. The van der Waals surface area contributed by atoms with E-state index in [1.807, 2.05) is 47.6 Å². The van der Waals surface area contributed by atoms with Gasteiger partial charge in [0.1, 0.15) is 17.1 Å². The number of aryl methyl sites for hydroxylation is 1. The zero-order valence-corrected chi connectivity index (χ0v) is 21.8. The van der Waals surface area contributed by atoms with Crippen molar-refractivity contribution < 1.29 is 14.3 Å². The van der Waals surface area contributed by atoms with E-state index in [9.17, 15) is 4.79 Å². The van der Waals surface area contributed by atoms with Gasteiger partial charge >= 0.3 is 0 Å². The third-order valence-corrected chi connectivity index (χ3v) is 7.25. The number of aromatic nitrogens is 2. The number of hydrogen-bond acceptors (Lipinski definition) is 5. The maximum atomic E-state index is 13.7. The highest BCUT2D eigenvalue weighted by molar-refractivity contribution is 5.78. The molecule has 1 saturated heterocycles. The van der Waals surface area contributed by atoms with E-state index in [0.29, 0.717) is 17.9 Å². The molecule has 0 aliphatic carbocycles. The van der Waals surface area contributed by atoms with Gasteiger partial charge in [0.05, 0.1) is 19.9 Å². The summed E-state index contributed by atoms with van der Waals surface area (Å²) in [6.45, 7) is 6.16. The molecule has 2 aromatic heterocycles. The second-order valence-electron chi connectivity index (χ2n) is 9.61. The van der Waals surface area contributed by atoms with Crippen LogP contribution in [-0.4, -0.2) is 65.5 Å². The predicted octanol–water partition coefficient (Wildman–Crippen LogP) is 4.53. The highest BCUT2D eigenvalue weighted by Crippen LogP contribution is 2.35. The molecule has 4 aromatic rings. The van der Waals surface area contributed by atoms with Crippen LogP contribution in [0.2, 0.25) is 0 Å². The molecule has 37 heavy (non-hydrogen) atoms. The van der Waals surface area contributed by atoms with Gasteiger partial charge in [-0.15, -0.1) is 0 Å². The first-order valence-corrected chi connectivity index (χ1v) is 12.8. The number of benzene rings is 2. The lowest BCUT2D eigenvalue weighted by Gasteiger charge is -2.35. The van der Waals surface area contributed by atoms with Crippen LogP contribution in [-0.2, 0) is 11.3 Å². The molecule has 1 fully saturated rings. The maximum Gasteiger partial charge on any atom is 0.223 e. The van der Waals surface area contributed by atoms with Crippen molar-refractivity contribution in [1.29, 1.82) is 0 Å². The number of methoxy groups -OCH3 is 2. The average molecular weight is 499 g/mol. The summed E-state index contributed by atoms with van der Waals surface area (Å²) >= 11 is 0. The highest BCUT2D eigenvalue weighted by Gasteiger charge is 2.28. The van der Waals surface area contributed by atoms with Gasteiger partial charge < -0.3 is 18.8 Å². The lowest BCUT2D eigenvalue weighted by Crippen LogP contribution is -2.48. The SMILES string of the molecule is COc1cc(OC)cc(C(CC(=O)N2CCN(Cc3ccccc3)CC2)c2cnc3c(C)cccn23)c1. The number of piperazine rings is 1. The van der Waals surface area contributed by atoms with Crippen molar-refractivity contribution in [1.82, 2.24) is 19.2 Å². The minimum absolute atomic E-state index is 0.147. The Morgan fingerprint density at radius 3 is 2.32 bits per heavy atom. The van der Waals surface area contributed by atoms with Gasteiger partial charge in [-0.05, 0) is 41.8 Å². The number of imidazole rings is 1. The summed E-state index contributed by atoms with van der Waals surface area (Å²) in [6.07, 6.45) is 4.25. The molecule has 1 unspecified atom stereocenters. The van der Waals surface area contributed by atoms with Crippen LogP contribution in [0, 0.1) is 6.92 Å². The van der Waals surface area contributed by atoms with Crippen LogP contribution in [0.25, 0.3) is 5.65 Å². The second-order valence-corrected chi connectivity index (χ2v) is 9.61. The van der Waals surface area contributed by atoms with E-state index < -0.39 is 0 Å². The Morgan fingerprint density at radius 2 is 1.65 bits per heavy atom. The lowest BCUT2D eigenvalue weighted by molar-refractivity contribution is -0.133. The van der Waals surface area contributed by atoms with E-state index in [0.717, 1.165) is 55.2 Å². The smallest absolute Gasteiger partial charge is 0.223 e. The Kier molecular flexibility index (Phi) is 7.42. The molecule has 1 aliphatic rings. The van der Waals surface area contributed by atoms with Gasteiger partial charge in [-0.3, -0.25) is 9.69 Å². The summed E-state index contributed by atoms with van der Waals surface area (Å²) < 4.78 is 13.2. The topological polar surface area (TPSA) is 59.3 Å². The van der Waals surface area contributed by atoms with Crippen molar-refractivity contribution in [3.63, 3.8) is 0 Å². The second kappa shape index (κ2) is 11.0. The molecule has 1 aliphatic heterocycles. The van der Waals surface area contributed by atoms with Crippen molar-refractivity contribution in [3.8, 4) is 11.5 Å². The molecule has 1 amide bonds. The molecule has 7 nitrogen and oxygen atoms in total. The maximum absolute atomic E-state index is 13.7. The predicted molar refractivity (Wildman–Crippen MR) is 144 cm³/mol. The van der Waals surface area contributed by atoms with Crippen LogP contribution in [0.15, 0.2) is 73.1 Å². The van der Waals surface area contributed by atoms with Crippen molar-refractivity contribution >= 4 is 11.6 Å². The first-order valence-electron chi connectivity index (χ1n) is 12.8. The van der Waals surface area contributed by atoms with Gasteiger partial charge in [0, 0.05) is 63.5 Å². The molecular weight excluding hydrogens is 464 g/mol. The monoisotopic (exact) mass is 498 g/mol. The minimum Gasteiger partial charge on any atom is -0.497 e. The summed E-state index contributed by atoms with van der Waals surface area (Å²) in [7, 11) is 3.29. The van der Waals surface area contributed by atoms with Crippen molar-refractivity contribution in [2.45, 2.75) is 25.8 Å². The Hall–Kier alpha value is -3.84. The van der Waals surface area contributed by atoms with E-state index >= 15 is 0 Å². The van der Waals surface area contributed by atoms with Crippen LogP contribution in [0.5, 0.6) is 11.5 Å². The first-order chi connectivity index (χ1) is 18.1.